The van der Waals surface area contributed by atoms with Crippen molar-refractivity contribution in [3.8, 4) is 0 Å². The Labute approximate surface area is 121 Å². The maximum absolute atomic E-state index is 12.6. The van der Waals surface area contributed by atoms with Gasteiger partial charge in [0.25, 0.3) is 10.0 Å². The van der Waals surface area contributed by atoms with Crippen molar-refractivity contribution in [3.63, 3.8) is 0 Å². The number of aliphatic carboxylic acids is 1. The van der Waals surface area contributed by atoms with Gasteiger partial charge in [0, 0.05) is 0 Å². The zero-order chi connectivity index (χ0) is 14.8. The van der Waals surface area contributed by atoms with Crippen molar-refractivity contribution < 1.29 is 18.3 Å². The normalized spacial score (nSPS) is 11.2. The number of benzene rings is 1. The van der Waals surface area contributed by atoms with E-state index in [4.69, 9.17) is 5.11 Å². The van der Waals surface area contributed by atoms with Crippen LogP contribution in [0.4, 0.5) is 5.69 Å². The molecular formula is C13H13NO4S2. The van der Waals surface area contributed by atoms with Gasteiger partial charge in [0.1, 0.15) is 10.8 Å². The lowest BCUT2D eigenvalue weighted by molar-refractivity contribution is -0.135. The lowest BCUT2D eigenvalue weighted by Crippen LogP contribution is -2.35. The van der Waals surface area contributed by atoms with Crippen LogP contribution in [-0.4, -0.2) is 26.0 Å². The van der Waals surface area contributed by atoms with Gasteiger partial charge in [-0.3, -0.25) is 9.10 Å². The third-order valence-corrected chi connectivity index (χ3v) is 5.84. The van der Waals surface area contributed by atoms with Gasteiger partial charge in [0.2, 0.25) is 0 Å². The van der Waals surface area contributed by atoms with Crippen LogP contribution < -0.4 is 4.31 Å². The Morgan fingerprint density at radius 1 is 1.25 bits per heavy atom. The van der Waals surface area contributed by atoms with Gasteiger partial charge in [-0.05, 0) is 30.0 Å². The van der Waals surface area contributed by atoms with E-state index in [1.807, 2.05) is 0 Å². The summed E-state index contributed by atoms with van der Waals surface area (Å²) in [4.78, 5) is 11.0. The monoisotopic (exact) mass is 311 g/mol. The number of hydrogen-bond acceptors (Lipinski definition) is 4. The Balaban J connectivity index is 2.55. The summed E-state index contributed by atoms with van der Waals surface area (Å²) in [7, 11) is -3.86. The average molecular weight is 311 g/mol. The highest BCUT2D eigenvalue weighted by molar-refractivity contribution is 7.94. The highest BCUT2D eigenvalue weighted by atomic mass is 32.2. The van der Waals surface area contributed by atoms with E-state index in [9.17, 15) is 13.2 Å². The van der Waals surface area contributed by atoms with Crippen LogP contribution in [0.5, 0.6) is 0 Å². The van der Waals surface area contributed by atoms with Crippen LogP contribution >= 0.6 is 11.3 Å². The molecule has 0 aliphatic rings. The molecule has 2 aromatic rings. The van der Waals surface area contributed by atoms with Gasteiger partial charge in [-0.1, -0.05) is 24.3 Å². The fourth-order valence-electron chi connectivity index (χ4n) is 1.78. The van der Waals surface area contributed by atoms with E-state index in [-0.39, 0.29) is 4.21 Å². The molecule has 0 bridgehead atoms. The summed E-state index contributed by atoms with van der Waals surface area (Å²) < 4.78 is 26.2. The quantitative estimate of drug-likeness (QED) is 0.919. The molecule has 20 heavy (non-hydrogen) atoms. The van der Waals surface area contributed by atoms with E-state index in [0.717, 1.165) is 15.6 Å². The van der Waals surface area contributed by atoms with Gasteiger partial charge in [-0.25, -0.2) is 8.42 Å². The van der Waals surface area contributed by atoms with Gasteiger partial charge < -0.3 is 5.11 Å². The minimum atomic E-state index is -3.86. The van der Waals surface area contributed by atoms with Crippen LogP contribution in [0, 0.1) is 6.92 Å². The summed E-state index contributed by atoms with van der Waals surface area (Å²) in [5.74, 6) is -1.20. The van der Waals surface area contributed by atoms with Crippen LogP contribution in [0.1, 0.15) is 5.56 Å². The number of para-hydroxylation sites is 1. The number of anilines is 1. The molecule has 5 nitrogen and oxygen atoms in total. The van der Waals surface area contributed by atoms with Crippen molar-refractivity contribution in [1.29, 1.82) is 0 Å². The summed E-state index contributed by atoms with van der Waals surface area (Å²) in [6.45, 7) is 1.14. The number of carbonyl (C=O) groups is 1. The molecule has 0 spiro atoms. The number of carboxylic acids is 1. The number of thiophene rings is 1. The van der Waals surface area contributed by atoms with Crippen LogP contribution in [-0.2, 0) is 14.8 Å². The second kappa shape index (κ2) is 5.64. The fourth-order valence-corrected chi connectivity index (χ4v) is 4.37. The van der Waals surface area contributed by atoms with Crippen molar-refractivity contribution in [2.75, 3.05) is 10.8 Å². The van der Waals surface area contributed by atoms with Crippen molar-refractivity contribution in [2.24, 2.45) is 0 Å². The van der Waals surface area contributed by atoms with E-state index in [2.05, 4.69) is 0 Å². The molecule has 7 heteroatoms. The second-order valence-electron chi connectivity index (χ2n) is 4.12. The van der Waals surface area contributed by atoms with Gasteiger partial charge in [0.15, 0.2) is 0 Å². The van der Waals surface area contributed by atoms with Crippen LogP contribution in [0.15, 0.2) is 46.0 Å². The maximum atomic E-state index is 12.6. The summed E-state index contributed by atoms with van der Waals surface area (Å²) >= 11 is 1.06. The molecular weight excluding hydrogens is 298 g/mol. The largest absolute Gasteiger partial charge is 0.480 e. The SMILES string of the molecule is Cc1ccccc1N(CC(=O)O)S(=O)(=O)c1cccs1. The van der Waals surface area contributed by atoms with E-state index in [1.165, 1.54) is 6.07 Å². The molecule has 1 aromatic heterocycles. The van der Waals surface area contributed by atoms with Crippen LogP contribution in [0.25, 0.3) is 0 Å². The summed E-state index contributed by atoms with van der Waals surface area (Å²) in [6.07, 6.45) is 0. The molecule has 0 unspecified atom stereocenters. The molecule has 0 saturated carbocycles. The minimum Gasteiger partial charge on any atom is -0.480 e. The maximum Gasteiger partial charge on any atom is 0.324 e. The average Bonchev–Trinajstić information content (AvgIpc) is 2.91. The van der Waals surface area contributed by atoms with E-state index >= 15 is 0 Å². The van der Waals surface area contributed by atoms with E-state index in [0.29, 0.717) is 11.3 Å². The summed E-state index contributed by atoms with van der Waals surface area (Å²) in [5, 5.41) is 10.6. The molecule has 106 valence electrons. The lowest BCUT2D eigenvalue weighted by Gasteiger charge is -2.23. The first kappa shape index (κ1) is 14.5. The first-order chi connectivity index (χ1) is 9.43. The smallest absolute Gasteiger partial charge is 0.324 e. The van der Waals surface area contributed by atoms with Crippen LogP contribution in [0.2, 0.25) is 0 Å². The number of aryl methyl sites for hydroxylation is 1. The molecule has 0 radical (unpaired) electrons. The lowest BCUT2D eigenvalue weighted by atomic mass is 10.2. The second-order valence-corrected chi connectivity index (χ2v) is 7.16. The molecule has 2 rings (SSSR count). The molecule has 0 fully saturated rings. The minimum absolute atomic E-state index is 0.127. The van der Waals surface area contributed by atoms with Gasteiger partial charge in [0.05, 0.1) is 5.69 Å². The number of rotatable bonds is 5. The summed E-state index contributed by atoms with van der Waals surface area (Å²) in [6, 6.07) is 9.88. The number of carboxylic acid groups (broad SMARTS) is 1. The Morgan fingerprint density at radius 3 is 2.50 bits per heavy atom. The standard InChI is InChI=1S/C13H13NO4S2/c1-10-5-2-3-6-11(10)14(9-12(15)16)20(17,18)13-7-4-8-19-13/h2-8H,9H2,1H3,(H,15,16). The van der Waals surface area contributed by atoms with Gasteiger partial charge in [-0.15, -0.1) is 11.3 Å². The van der Waals surface area contributed by atoms with Gasteiger partial charge in [-0.2, -0.15) is 0 Å². The zero-order valence-corrected chi connectivity index (χ0v) is 12.3. The van der Waals surface area contributed by atoms with Crippen molar-refractivity contribution in [1.82, 2.24) is 0 Å². The Bertz CT molecular complexity index is 708. The predicted molar refractivity (Wildman–Crippen MR) is 77.7 cm³/mol. The Kier molecular flexibility index (Phi) is 4.10. The van der Waals surface area contributed by atoms with Crippen LogP contribution in [0.3, 0.4) is 0 Å². The zero-order valence-electron chi connectivity index (χ0n) is 10.7. The Morgan fingerprint density at radius 2 is 1.95 bits per heavy atom. The highest BCUT2D eigenvalue weighted by Gasteiger charge is 2.28. The molecule has 0 aliphatic heterocycles. The van der Waals surface area contributed by atoms with E-state index < -0.39 is 22.5 Å². The van der Waals surface area contributed by atoms with Gasteiger partial charge >= 0.3 is 5.97 Å². The molecule has 1 aromatic carbocycles. The number of hydrogen-bond donors (Lipinski definition) is 1. The van der Waals surface area contributed by atoms with Crippen molar-refractivity contribution in [3.05, 3.63) is 47.3 Å². The summed E-state index contributed by atoms with van der Waals surface area (Å²) in [5.41, 5.74) is 1.08. The molecule has 0 amide bonds. The third kappa shape index (κ3) is 2.83. The molecule has 1 heterocycles. The fraction of sp³-hybridized carbons (Fsp3) is 0.154. The van der Waals surface area contributed by atoms with Crippen molar-refractivity contribution in [2.45, 2.75) is 11.1 Å². The highest BCUT2D eigenvalue weighted by Crippen LogP contribution is 2.28. The van der Waals surface area contributed by atoms with Crippen molar-refractivity contribution >= 4 is 33.0 Å². The topological polar surface area (TPSA) is 74.7 Å². The number of nitrogens with zero attached hydrogens (tertiary/aromatic N) is 1. The first-order valence-corrected chi connectivity index (χ1v) is 8.08. The molecule has 0 aliphatic carbocycles. The number of sulfonamides is 1. The molecule has 0 saturated heterocycles. The Hall–Kier alpha value is -1.86. The molecule has 1 N–H and O–H groups in total. The predicted octanol–water partition coefficient (Wildman–Crippen LogP) is 2.34. The third-order valence-electron chi connectivity index (χ3n) is 2.70. The molecule has 0 atom stereocenters. The van der Waals surface area contributed by atoms with E-state index in [1.54, 1.807) is 42.6 Å². The first-order valence-electron chi connectivity index (χ1n) is 5.76.